The van der Waals surface area contributed by atoms with Crippen LogP contribution in [0.25, 0.3) is 0 Å². The Balaban J connectivity index is 0.000000921. The van der Waals surface area contributed by atoms with Gasteiger partial charge in [0.2, 0.25) is 5.91 Å². The van der Waals surface area contributed by atoms with Crippen LogP contribution in [-0.4, -0.2) is 12.5 Å². The molecule has 0 fully saturated rings. The van der Waals surface area contributed by atoms with Crippen LogP contribution in [0.5, 0.6) is 0 Å². The molecule has 0 heterocycles. The summed E-state index contributed by atoms with van der Waals surface area (Å²) in [6.45, 7) is 6.95. The van der Waals surface area contributed by atoms with Gasteiger partial charge in [-0.25, -0.2) is 0 Å². The van der Waals surface area contributed by atoms with Gasteiger partial charge in [-0.15, -0.1) is 0 Å². The van der Waals surface area contributed by atoms with Crippen LogP contribution >= 0.6 is 0 Å². The Bertz CT molecular complexity index is 297. The van der Waals surface area contributed by atoms with Crippen LogP contribution in [0.4, 0.5) is 0 Å². The number of aryl methyl sites for hydroxylation is 1. The molecule has 3 heteroatoms. The molecule has 15 heavy (non-hydrogen) atoms. The van der Waals surface area contributed by atoms with Gasteiger partial charge in [0.1, 0.15) is 0 Å². The van der Waals surface area contributed by atoms with Crippen molar-refractivity contribution < 1.29 is 4.79 Å². The van der Waals surface area contributed by atoms with Crippen LogP contribution in [0.3, 0.4) is 0 Å². The van der Waals surface area contributed by atoms with E-state index in [4.69, 9.17) is 5.73 Å². The minimum atomic E-state index is -0.326. The van der Waals surface area contributed by atoms with E-state index in [2.05, 4.69) is 11.4 Å². The molecule has 0 aliphatic carbocycles. The molecule has 1 aromatic rings. The van der Waals surface area contributed by atoms with Crippen LogP contribution in [0.1, 0.15) is 25.0 Å². The molecule has 1 aromatic carbocycles. The molecular formula is C12H20N2O. The molecule has 0 saturated heterocycles. The summed E-state index contributed by atoms with van der Waals surface area (Å²) in [6.07, 6.45) is 0. The van der Waals surface area contributed by atoms with Gasteiger partial charge in [0.25, 0.3) is 0 Å². The molecule has 3 N–H and O–H groups in total. The highest BCUT2D eigenvalue weighted by atomic mass is 16.1. The van der Waals surface area contributed by atoms with Crippen molar-refractivity contribution in [2.45, 2.75) is 27.3 Å². The lowest BCUT2D eigenvalue weighted by Crippen LogP contribution is -2.28. The largest absolute Gasteiger partial charge is 0.369 e. The van der Waals surface area contributed by atoms with E-state index in [0.29, 0.717) is 6.54 Å². The second kappa shape index (κ2) is 8.00. The maximum atomic E-state index is 10.4. The fourth-order valence-corrected chi connectivity index (χ4v) is 1.15. The van der Waals surface area contributed by atoms with Crippen molar-refractivity contribution in [3.63, 3.8) is 0 Å². The van der Waals surface area contributed by atoms with Gasteiger partial charge in [-0.1, -0.05) is 43.7 Å². The van der Waals surface area contributed by atoms with E-state index in [1.165, 1.54) is 11.1 Å². The smallest absolute Gasteiger partial charge is 0.231 e. The highest BCUT2D eigenvalue weighted by molar-refractivity contribution is 5.75. The Morgan fingerprint density at radius 3 is 2.60 bits per heavy atom. The van der Waals surface area contributed by atoms with Crippen LogP contribution in [0, 0.1) is 6.92 Å². The Kier molecular flexibility index (Phi) is 7.28. The summed E-state index contributed by atoms with van der Waals surface area (Å²) in [5, 5.41) is 2.95. The number of rotatable bonds is 4. The third-order valence-electron chi connectivity index (χ3n) is 1.71. The number of hydrogen-bond acceptors (Lipinski definition) is 2. The predicted molar refractivity (Wildman–Crippen MR) is 63.4 cm³/mol. The lowest BCUT2D eigenvalue weighted by molar-refractivity contribution is -0.117. The average molecular weight is 208 g/mol. The summed E-state index contributed by atoms with van der Waals surface area (Å²) in [7, 11) is 0. The van der Waals surface area contributed by atoms with E-state index in [9.17, 15) is 4.79 Å². The number of amides is 1. The molecular weight excluding hydrogens is 188 g/mol. The summed E-state index contributed by atoms with van der Waals surface area (Å²) >= 11 is 0. The fraction of sp³-hybridized carbons (Fsp3) is 0.417. The second-order valence-corrected chi connectivity index (χ2v) is 3.06. The van der Waals surface area contributed by atoms with E-state index in [1.807, 2.05) is 39.0 Å². The molecule has 1 rings (SSSR count). The summed E-state index contributed by atoms with van der Waals surface area (Å²) in [5.74, 6) is -0.326. The van der Waals surface area contributed by atoms with Crippen molar-refractivity contribution >= 4 is 5.91 Å². The molecule has 1 amide bonds. The number of carbonyl (C=O) groups excluding carboxylic acids is 1. The van der Waals surface area contributed by atoms with E-state index in [-0.39, 0.29) is 12.5 Å². The van der Waals surface area contributed by atoms with Gasteiger partial charge in [-0.05, 0) is 12.5 Å². The van der Waals surface area contributed by atoms with Crippen LogP contribution in [0.2, 0.25) is 0 Å². The molecule has 3 nitrogen and oxygen atoms in total. The molecule has 0 unspecified atom stereocenters. The molecule has 84 valence electrons. The zero-order valence-corrected chi connectivity index (χ0v) is 9.71. The zero-order chi connectivity index (χ0) is 11.7. The maximum absolute atomic E-state index is 10.4. The lowest BCUT2D eigenvalue weighted by atomic mass is 10.1. The topological polar surface area (TPSA) is 55.1 Å². The lowest BCUT2D eigenvalue weighted by Gasteiger charge is -2.02. The Hall–Kier alpha value is -1.35. The van der Waals surface area contributed by atoms with Crippen molar-refractivity contribution in [1.82, 2.24) is 5.32 Å². The summed E-state index contributed by atoms with van der Waals surface area (Å²) in [6, 6.07) is 8.13. The zero-order valence-electron chi connectivity index (χ0n) is 9.71. The number of hydrogen-bond donors (Lipinski definition) is 2. The Morgan fingerprint density at radius 1 is 1.40 bits per heavy atom. The van der Waals surface area contributed by atoms with Gasteiger partial charge in [0, 0.05) is 6.54 Å². The maximum Gasteiger partial charge on any atom is 0.231 e. The van der Waals surface area contributed by atoms with Crippen LogP contribution in [-0.2, 0) is 11.3 Å². The first-order valence-corrected chi connectivity index (χ1v) is 5.23. The molecule has 0 spiro atoms. The first-order valence-electron chi connectivity index (χ1n) is 5.23. The van der Waals surface area contributed by atoms with Gasteiger partial charge in [0.15, 0.2) is 0 Å². The van der Waals surface area contributed by atoms with Crippen molar-refractivity contribution in [1.29, 1.82) is 0 Å². The fourth-order valence-electron chi connectivity index (χ4n) is 1.15. The highest BCUT2D eigenvalue weighted by Gasteiger charge is 1.94. The summed E-state index contributed by atoms with van der Waals surface area (Å²) in [4.78, 5) is 10.4. The third kappa shape index (κ3) is 6.69. The van der Waals surface area contributed by atoms with Crippen LogP contribution in [0.15, 0.2) is 24.3 Å². The van der Waals surface area contributed by atoms with Gasteiger partial charge >= 0.3 is 0 Å². The Morgan fingerprint density at radius 2 is 2.07 bits per heavy atom. The Labute approximate surface area is 91.7 Å². The van der Waals surface area contributed by atoms with Gasteiger partial charge in [-0.3, -0.25) is 4.79 Å². The first-order chi connectivity index (χ1) is 7.18. The predicted octanol–water partition coefficient (Wildman–Crippen LogP) is 1.60. The second-order valence-electron chi connectivity index (χ2n) is 3.06. The molecule has 0 radical (unpaired) electrons. The minimum Gasteiger partial charge on any atom is -0.369 e. The van der Waals surface area contributed by atoms with E-state index < -0.39 is 0 Å². The number of nitrogens with one attached hydrogen (secondary N) is 1. The van der Waals surface area contributed by atoms with Crippen LogP contribution < -0.4 is 11.1 Å². The van der Waals surface area contributed by atoms with Crippen molar-refractivity contribution in [3.05, 3.63) is 35.4 Å². The quantitative estimate of drug-likeness (QED) is 0.789. The monoisotopic (exact) mass is 208 g/mol. The van der Waals surface area contributed by atoms with Crippen molar-refractivity contribution in [3.8, 4) is 0 Å². The third-order valence-corrected chi connectivity index (χ3v) is 1.71. The normalized spacial score (nSPS) is 9.00. The number of benzene rings is 1. The van der Waals surface area contributed by atoms with E-state index in [0.717, 1.165) is 0 Å². The summed E-state index contributed by atoms with van der Waals surface area (Å²) in [5.41, 5.74) is 7.37. The minimum absolute atomic E-state index is 0.230. The molecule has 0 saturated carbocycles. The molecule has 0 aliphatic rings. The van der Waals surface area contributed by atoms with E-state index in [1.54, 1.807) is 0 Å². The van der Waals surface area contributed by atoms with Gasteiger partial charge < -0.3 is 11.1 Å². The molecule has 0 aromatic heterocycles. The standard InChI is InChI=1S/C10H14N2O.C2H6/c1-8-3-2-4-9(5-8)6-12-7-10(11)13;1-2/h2-5,12H,6-7H2,1H3,(H2,11,13);1-2H3. The molecule has 0 aliphatic heterocycles. The number of carbonyl (C=O) groups is 1. The number of primary amides is 1. The van der Waals surface area contributed by atoms with Crippen molar-refractivity contribution in [2.24, 2.45) is 5.73 Å². The SMILES string of the molecule is CC.Cc1cccc(CNCC(N)=O)c1. The van der Waals surface area contributed by atoms with E-state index >= 15 is 0 Å². The molecule has 0 atom stereocenters. The first kappa shape index (κ1) is 13.7. The van der Waals surface area contributed by atoms with Gasteiger partial charge in [-0.2, -0.15) is 0 Å². The number of nitrogens with two attached hydrogens (primary N) is 1. The summed E-state index contributed by atoms with van der Waals surface area (Å²) < 4.78 is 0. The molecule has 0 bridgehead atoms. The van der Waals surface area contributed by atoms with Crippen molar-refractivity contribution in [2.75, 3.05) is 6.54 Å². The van der Waals surface area contributed by atoms with Gasteiger partial charge in [0.05, 0.1) is 6.54 Å². The average Bonchev–Trinajstić information content (AvgIpc) is 2.20. The highest BCUT2D eigenvalue weighted by Crippen LogP contribution is 2.02.